The van der Waals surface area contributed by atoms with Crippen LogP contribution in [-0.2, 0) is 6.54 Å². The first kappa shape index (κ1) is 25.2. The Bertz CT molecular complexity index is 1760. The van der Waals surface area contributed by atoms with Crippen molar-refractivity contribution in [2.24, 2.45) is 0 Å². The Morgan fingerprint density at radius 3 is 2.62 bits per heavy atom. The molecule has 5 N–H and O–H groups in total. The second-order valence-corrected chi connectivity index (χ2v) is 8.78. The van der Waals surface area contributed by atoms with Gasteiger partial charge in [0, 0.05) is 12.4 Å². The molecule has 0 fully saturated rings. The summed E-state index contributed by atoms with van der Waals surface area (Å²) in [5.74, 6) is 1.73. The molecule has 0 aliphatic carbocycles. The van der Waals surface area contributed by atoms with Crippen LogP contribution in [0.3, 0.4) is 0 Å². The van der Waals surface area contributed by atoms with E-state index in [0.29, 0.717) is 41.3 Å². The average Bonchev–Trinajstić information content (AvgIpc) is 3.33. The number of ether oxygens (including phenoxy) is 1. The molecular weight excluding hydrogens is 496 g/mol. The van der Waals surface area contributed by atoms with Crippen molar-refractivity contribution in [2.75, 3.05) is 23.4 Å². The maximum Gasteiger partial charge on any atom is 0.269 e. The SMILES string of the molecule is Cc1nccn1CCOc1cccc2nc([C@H](C)Nc3nc(N)nc(N)c3C#N)n(-c3ccccc3)c(=O)c12. The zero-order chi connectivity index (χ0) is 27.5. The van der Waals surface area contributed by atoms with Crippen molar-refractivity contribution in [2.45, 2.75) is 26.4 Å². The fourth-order valence-corrected chi connectivity index (χ4v) is 4.33. The van der Waals surface area contributed by atoms with E-state index in [0.717, 1.165) is 5.82 Å². The summed E-state index contributed by atoms with van der Waals surface area (Å²) in [4.78, 5) is 31.2. The number of nitrogens with one attached hydrogen (secondary N) is 1. The van der Waals surface area contributed by atoms with Gasteiger partial charge >= 0.3 is 0 Å². The normalized spacial score (nSPS) is 11.7. The van der Waals surface area contributed by atoms with Crippen molar-refractivity contribution in [3.05, 3.63) is 88.5 Å². The van der Waals surface area contributed by atoms with E-state index in [1.807, 2.05) is 54.1 Å². The molecule has 0 bridgehead atoms. The predicted molar refractivity (Wildman–Crippen MR) is 147 cm³/mol. The van der Waals surface area contributed by atoms with E-state index in [1.54, 1.807) is 31.3 Å². The number of nitrogen functional groups attached to an aromatic ring is 2. The highest BCUT2D eigenvalue weighted by Crippen LogP contribution is 2.27. The van der Waals surface area contributed by atoms with Crippen LogP contribution in [0.15, 0.2) is 65.7 Å². The van der Waals surface area contributed by atoms with Crippen molar-refractivity contribution >= 4 is 28.5 Å². The number of fused-ring (bicyclic) bond motifs is 1. The minimum atomic E-state index is -0.586. The fraction of sp³-hybridized carbons (Fsp3) is 0.185. The molecule has 0 unspecified atom stereocenters. The first-order valence-corrected chi connectivity index (χ1v) is 12.2. The maximum absolute atomic E-state index is 14.1. The number of para-hydroxylation sites is 1. The number of aromatic nitrogens is 6. The number of rotatable bonds is 8. The second-order valence-electron chi connectivity index (χ2n) is 8.78. The zero-order valence-corrected chi connectivity index (χ0v) is 21.4. The summed E-state index contributed by atoms with van der Waals surface area (Å²) >= 11 is 0. The first-order chi connectivity index (χ1) is 18.9. The number of nitriles is 1. The Morgan fingerprint density at radius 1 is 1.10 bits per heavy atom. The molecule has 39 heavy (non-hydrogen) atoms. The number of aryl methyl sites for hydroxylation is 1. The molecular formula is C27H26N10O2. The topological polar surface area (TPSA) is 176 Å². The molecule has 1 atom stereocenters. The van der Waals surface area contributed by atoms with Crippen LogP contribution in [0.1, 0.15) is 30.2 Å². The van der Waals surface area contributed by atoms with Crippen molar-refractivity contribution in [1.29, 1.82) is 5.26 Å². The largest absolute Gasteiger partial charge is 0.491 e. The summed E-state index contributed by atoms with van der Waals surface area (Å²) in [6.45, 7) is 4.64. The lowest BCUT2D eigenvalue weighted by atomic mass is 10.1. The summed E-state index contributed by atoms with van der Waals surface area (Å²) in [7, 11) is 0. The molecule has 3 heterocycles. The molecule has 0 aliphatic rings. The molecule has 0 amide bonds. The molecule has 0 radical (unpaired) electrons. The van der Waals surface area contributed by atoms with Crippen LogP contribution in [0, 0.1) is 18.3 Å². The molecule has 3 aromatic heterocycles. The summed E-state index contributed by atoms with van der Waals surface area (Å²) < 4.78 is 9.57. The average molecular weight is 523 g/mol. The van der Waals surface area contributed by atoms with Gasteiger partial charge in [0.2, 0.25) is 5.95 Å². The lowest BCUT2D eigenvalue weighted by Crippen LogP contribution is -2.28. The molecule has 12 heteroatoms. The van der Waals surface area contributed by atoms with Crippen LogP contribution in [0.4, 0.5) is 17.6 Å². The number of hydrogen-bond donors (Lipinski definition) is 3. The highest BCUT2D eigenvalue weighted by molar-refractivity contribution is 5.84. The van der Waals surface area contributed by atoms with Crippen LogP contribution in [0.2, 0.25) is 0 Å². The molecule has 0 saturated carbocycles. The van der Waals surface area contributed by atoms with E-state index in [2.05, 4.69) is 20.3 Å². The Morgan fingerprint density at radius 2 is 1.90 bits per heavy atom. The number of imidazole rings is 1. The van der Waals surface area contributed by atoms with Gasteiger partial charge in [-0.2, -0.15) is 15.2 Å². The van der Waals surface area contributed by atoms with Crippen LogP contribution < -0.4 is 27.1 Å². The maximum atomic E-state index is 14.1. The quantitative estimate of drug-likeness (QED) is 0.275. The van der Waals surface area contributed by atoms with E-state index in [9.17, 15) is 10.1 Å². The first-order valence-electron chi connectivity index (χ1n) is 12.2. The third kappa shape index (κ3) is 4.93. The lowest BCUT2D eigenvalue weighted by Gasteiger charge is -2.21. The van der Waals surface area contributed by atoms with E-state index in [-0.39, 0.29) is 28.7 Å². The molecule has 5 rings (SSSR count). The minimum Gasteiger partial charge on any atom is -0.491 e. The van der Waals surface area contributed by atoms with Crippen LogP contribution in [0.5, 0.6) is 5.75 Å². The minimum absolute atomic E-state index is 0.0423. The highest BCUT2D eigenvalue weighted by Gasteiger charge is 2.22. The molecule has 196 valence electrons. The van der Waals surface area contributed by atoms with Gasteiger partial charge in [0.05, 0.1) is 23.8 Å². The van der Waals surface area contributed by atoms with Gasteiger partial charge in [-0.1, -0.05) is 24.3 Å². The molecule has 0 saturated heterocycles. The van der Waals surface area contributed by atoms with E-state index >= 15 is 0 Å². The number of hydrogen-bond acceptors (Lipinski definition) is 10. The summed E-state index contributed by atoms with van der Waals surface area (Å²) in [5.41, 5.74) is 12.5. The molecule has 2 aromatic carbocycles. The number of benzene rings is 2. The van der Waals surface area contributed by atoms with Gasteiger partial charge in [-0.15, -0.1) is 0 Å². The number of nitrogens with zero attached hydrogens (tertiary/aromatic N) is 7. The van der Waals surface area contributed by atoms with Gasteiger partial charge in [0.1, 0.15) is 46.8 Å². The third-order valence-electron chi connectivity index (χ3n) is 6.22. The summed E-state index contributed by atoms with van der Waals surface area (Å²) in [5, 5.41) is 13.1. The van der Waals surface area contributed by atoms with E-state index in [1.165, 1.54) is 4.57 Å². The monoisotopic (exact) mass is 522 g/mol. The van der Waals surface area contributed by atoms with Crippen LogP contribution >= 0.6 is 0 Å². The van der Waals surface area contributed by atoms with Crippen molar-refractivity contribution in [3.63, 3.8) is 0 Å². The summed E-state index contributed by atoms with van der Waals surface area (Å²) in [6, 6.07) is 15.9. The lowest BCUT2D eigenvalue weighted by molar-refractivity contribution is 0.300. The van der Waals surface area contributed by atoms with Crippen LogP contribution in [0.25, 0.3) is 16.6 Å². The van der Waals surface area contributed by atoms with Gasteiger partial charge in [-0.3, -0.25) is 9.36 Å². The van der Waals surface area contributed by atoms with Crippen molar-refractivity contribution in [1.82, 2.24) is 29.1 Å². The highest BCUT2D eigenvalue weighted by atomic mass is 16.5. The number of nitrogens with two attached hydrogens (primary N) is 2. The van der Waals surface area contributed by atoms with Crippen molar-refractivity contribution < 1.29 is 4.74 Å². The van der Waals surface area contributed by atoms with Crippen molar-refractivity contribution in [3.8, 4) is 17.5 Å². The molecule has 5 aromatic rings. The van der Waals surface area contributed by atoms with Gasteiger partial charge in [-0.05, 0) is 38.1 Å². The summed E-state index contributed by atoms with van der Waals surface area (Å²) in [6.07, 6.45) is 3.61. The second kappa shape index (κ2) is 10.5. The predicted octanol–water partition coefficient (Wildman–Crippen LogP) is 2.97. The standard InChI is InChI=1S/C27H26N10O2/c1-16(32-24-19(15-28)23(29)34-27(30)35-24)25-33-20-9-6-10-21(39-14-13-36-12-11-31-17(36)2)22(20)26(38)37(25)18-7-4-3-5-8-18/h3-12,16H,13-14H2,1-2H3,(H5,29,30,32,34,35)/t16-/m0/s1. The van der Waals surface area contributed by atoms with E-state index in [4.69, 9.17) is 21.2 Å². The Labute approximate surface area is 223 Å². The van der Waals surface area contributed by atoms with Gasteiger partial charge in [-0.25, -0.2) is 9.97 Å². The fourth-order valence-electron chi connectivity index (χ4n) is 4.33. The van der Waals surface area contributed by atoms with E-state index < -0.39 is 6.04 Å². The van der Waals surface area contributed by atoms with Gasteiger partial charge in [0.15, 0.2) is 5.82 Å². The number of anilines is 3. The molecule has 12 nitrogen and oxygen atoms in total. The molecule has 0 aliphatic heterocycles. The van der Waals surface area contributed by atoms with Crippen LogP contribution in [-0.4, -0.2) is 35.7 Å². The van der Waals surface area contributed by atoms with Gasteiger partial charge in [0.25, 0.3) is 5.56 Å². The zero-order valence-electron chi connectivity index (χ0n) is 21.4. The Balaban J connectivity index is 1.59. The Hall–Kier alpha value is -5.44. The smallest absolute Gasteiger partial charge is 0.269 e. The van der Waals surface area contributed by atoms with Gasteiger partial charge < -0.3 is 26.1 Å². The Kier molecular flexibility index (Phi) is 6.79. The molecule has 0 spiro atoms. The third-order valence-corrected chi connectivity index (χ3v) is 6.22.